The highest BCUT2D eigenvalue weighted by Crippen LogP contribution is 2.60. The van der Waals surface area contributed by atoms with Crippen LogP contribution in [0.1, 0.15) is 50.8 Å². The zero-order valence-corrected chi connectivity index (χ0v) is 16.9. The number of carbonyl (C=O) groups is 2. The number of hydrogen-bond acceptors (Lipinski definition) is 3. The number of amides is 2. The molecule has 4 aliphatic carbocycles. The zero-order valence-electron chi connectivity index (χ0n) is 16.9. The van der Waals surface area contributed by atoms with Crippen LogP contribution in [-0.4, -0.2) is 34.9 Å². The molecule has 1 aromatic carbocycles. The number of H-pyrrole nitrogens is 1. The second kappa shape index (κ2) is 7.47. The maximum atomic E-state index is 12.9. The van der Waals surface area contributed by atoms with Gasteiger partial charge in [-0.15, -0.1) is 0 Å². The molecular weight excluding hydrogens is 364 g/mol. The van der Waals surface area contributed by atoms with Crippen LogP contribution >= 0.6 is 0 Å². The Hall–Kier alpha value is -2.37. The van der Waals surface area contributed by atoms with Crippen LogP contribution in [0.25, 0.3) is 11.0 Å². The molecule has 154 valence electrons. The molecule has 0 spiro atoms. The fourth-order valence-electron chi connectivity index (χ4n) is 6.40. The molecule has 0 unspecified atom stereocenters. The molecule has 0 radical (unpaired) electrons. The summed E-state index contributed by atoms with van der Waals surface area (Å²) in [7, 11) is 0. The van der Waals surface area contributed by atoms with Gasteiger partial charge in [0, 0.05) is 31.3 Å². The van der Waals surface area contributed by atoms with Crippen LogP contribution in [-0.2, 0) is 16.0 Å². The minimum Gasteiger partial charge on any atom is -0.356 e. The Morgan fingerprint density at radius 2 is 1.69 bits per heavy atom. The van der Waals surface area contributed by atoms with Crippen molar-refractivity contribution < 1.29 is 9.59 Å². The molecule has 6 nitrogen and oxygen atoms in total. The number of rotatable bonds is 7. The first-order valence-corrected chi connectivity index (χ1v) is 11.1. The van der Waals surface area contributed by atoms with E-state index in [4.69, 9.17) is 0 Å². The first-order valence-electron chi connectivity index (χ1n) is 11.1. The molecule has 6 heteroatoms. The Bertz CT molecular complexity index is 850. The lowest BCUT2D eigenvalue weighted by molar-refractivity contribution is -0.146. The topological polar surface area (TPSA) is 86.9 Å². The fourth-order valence-corrected chi connectivity index (χ4v) is 6.40. The molecule has 4 fully saturated rings. The van der Waals surface area contributed by atoms with E-state index >= 15 is 0 Å². The number of fused-ring (bicyclic) bond motifs is 1. The van der Waals surface area contributed by atoms with Crippen LogP contribution in [0.5, 0.6) is 0 Å². The molecule has 29 heavy (non-hydrogen) atoms. The predicted octanol–water partition coefficient (Wildman–Crippen LogP) is 2.94. The molecule has 2 aromatic rings. The summed E-state index contributed by atoms with van der Waals surface area (Å²) in [6.45, 7) is 0.971. The van der Waals surface area contributed by atoms with Gasteiger partial charge in [0.1, 0.15) is 5.82 Å². The Morgan fingerprint density at radius 1 is 1.00 bits per heavy atom. The van der Waals surface area contributed by atoms with Crippen molar-refractivity contribution in [2.45, 2.75) is 51.4 Å². The Morgan fingerprint density at radius 3 is 2.38 bits per heavy atom. The first kappa shape index (κ1) is 18.6. The quantitative estimate of drug-likeness (QED) is 0.675. The molecule has 0 aliphatic heterocycles. The van der Waals surface area contributed by atoms with Crippen molar-refractivity contribution in [1.29, 1.82) is 0 Å². The number of imidazole rings is 1. The summed E-state index contributed by atoms with van der Waals surface area (Å²) in [5.41, 5.74) is 1.83. The number of carbonyl (C=O) groups excluding carboxylic acids is 2. The van der Waals surface area contributed by atoms with Crippen molar-refractivity contribution in [3.8, 4) is 0 Å². The second-order valence-electron chi connectivity index (χ2n) is 9.50. The lowest BCUT2D eigenvalue weighted by Crippen LogP contribution is -2.53. The van der Waals surface area contributed by atoms with E-state index in [-0.39, 0.29) is 17.2 Å². The molecule has 3 N–H and O–H groups in total. The third kappa shape index (κ3) is 3.77. The van der Waals surface area contributed by atoms with Gasteiger partial charge in [0.2, 0.25) is 11.8 Å². The third-order valence-electron chi connectivity index (χ3n) is 7.28. The zero-order chi connectivity index (χ0) is 19.8. The SMILES string of the molecule is O=C(CCNC(=O)C12CC3CC(CC(C3)C1)C2)NCCc1nc2ccccc2[nH]1. The van der Waals surface area contributed by atoms with E-state index in [1.165, 1.54) is 19.3 Å². The van der Waals surface area contributed by atoms with Gasteiger partial charge in [-0.2, -0.15) is 0 Å². The lowest BCUT2D eigenvalue weighted by Gasteiger charge is -2.55. The van der Waals surface area contributed by atoms with E-state index < -0.39 is 0 Å². The molecular formula is C23H30N4O2. The van der Waals surface area contributed by atoms with E-state index in [0.717, 1.165) is 53.9 Å². The molecule has 0 atom stereocenters. The molecule has 1 heterocycles. The number of para-hydroxylation sites is 2. The van der Waals surface area contributed by atoms with Crippen molar-refractivity contribution in [1.82, 2.24) is 20.6 Å². The molecule has 4 saturated carbocycles. The molecule has 4 bridgehead atoms. The average Bonchev–Trinajstić information content (AvgIpc) is 3.09. The van der Waals surface area contributed by atoms with Gasteiger partial charge in [-0.25, -0.2) is 4.98 Å². The summed E-state index contributed by atoms with van der Waals surface area (Å²) in [4.78, 5) is 32.8. The number of hydrogen-bond donors (Lipinski definition) is 3. The standard InChI is InChI=1S/C23H30N4O2/c28-21(24-7-5-20-26-18-3-1-2-4-19(18)27-20)6-8-25-22(29)23-12-15-9-16(13-23)11-17(10-15)14-23/h1-4,15-17H,5-14H2,(H,24,28)(H,25,29)(H,26,27). The Labute approximate surface area is 171 Å². The van der Waals surface area contributed by atoms with Crippen molar-refractivity contribution >= 4 is 22.8 Å². The lowest BCUT2D eigenvalue weighted by atomic mass is 9.49. The van der Waals surface area contributed by atoms with Gasteiger partial charge in [-0.05, 0) is 68.4 Å². The highest BCUT2D eigenvalue weighted by atomic mass is 16.2. The highest BCUT2D eigenvalue weighted by molar-refractivity contribution is 5.84. The Kier molecular flexibility index (Phi) is 4.80. The summed E-state index contributed by atoms with van der Waals surface area (Å²) < 4.78 is 0. The van der Waals surface area contributed by atoms with E-state index in [0.29, 0.717) is 25.9 Å². The minimum absolute atomic E-state index is 0.0214. The largest absolute Gasteiger partial charge is 0.356 e. The van der Waals surface area contributed by atoms with E-state index in [1.807, 2.05) is 24.3 Å². The molecule has 1 aromatic heterocycles. The maximum Gasteiger partial charge on any atom is 0.226 e. The predicted molar refractivity (Wildman–Crippen MR) is 111 cm³/mol. The van der Waals surface area contributed by atoms with Crippen LogP contribution < -0.4 is 10.6 Å². The van der Waals surface area contributed by atoms with Crippen LogP contribution in [0.3, 0.4) is 0 Å². The molecule has 0 saturated heterocycles. The summed E-state index contributed by atoms with van der Waals surface area (Å²) in [6.07, 6.45) is 8.19. The second-order valence-corrected chi connectivity index (χ2v) is 9.50. The van der Waals surface area contributed by atoms with Gasteiger partial charge in [0.05, 0.1) is 11.0 Å². The van der Waals surface area contributed by atoms with Crippen LogP contribution in [0, 0.1) is 23.2 Å². The van der Waals surface area contributed by atoms with Crippen molar-refractivity contribution in [2.75, 3.05) is 13.1 Å². The normalized spacial score (nSPS) is 29.9. The van der Waals surface area contributed by atoms with Gasteiger partial charge in [-0.1, -0.05) is 12.1 Å². The fraction of sp³-hybridized carbons (Fsp3) is 0.609. The molecule has 2 amide bonds. The van der Waals surface area contributed by atoms with Gasteiger partial charge < -0.3 is 15.6 Å². The van der Waals surface area contributed by atoms with Crippen molar-refractivity contribution in [3.05, 3.63) is 30.1 Å². The van der Waals surface area contributed by atoms with Crippen molar-refractivity contribution in [3.63, 3.8) is 0 Å². The summed E-state index contributed by atoms with van der Waals surface area (Å²) in [6, 6.07) is 7.91. The molecule has 4 aliphatic rings. The van der Waals surface area contributed by atoms with E-state index in [1.54, 1.807) is 0 Å². The number of aromatic amines is 1. The van der Waals surface area contributed by atoms with Crippen LogP contribution in [0.15, 0.2) is 24.3 Å². The van der Waals surface area contributed by atoms with Gasteiger partial charge in [-0.3, -0.25) is 9.59 Å². The van der Waals surface area contributed by atoms with E-state index in [2.05, 4.69) is 20.6 Å². The van der Waals surface area contributed by atoms with Crippen LogP contribution in [0.4, 0.5) is 0 Å². The van der Waals surface area contributed by atoms with Crippen molar-refractivity contribution in [2.24, 2.45) is 23.2 Å². The highest BCUT2D eigenvalue weighted by Gasteiger charge is 2.54. The maximum absolute atomic E-state index is 12.9. The molecule has 6 rings (SSSR count). The van der Waals surface area contributed by atoms with Crippen LogP contribution in [0.2, 0.25) is 0 Å². The van der Waals surface area contributed by atoms with Gasteiger partial charge >= 0.3 is 0 Å². The summed E-state index contributed by atoms with van der Waals surface area (Å²) in [5, 5.41) is 6.01. The minimum atomic E-state index is -0.132. The summed E-state index contributed by atoms with van der Waals surface area (Å²) in [5.74, 6) is 3.33. The van der Waals surface area contributed by atoms with Gasteiger partial charge in [0.15, 0.2) is 0 Å². The number of nitrogens with one attached hydrogen (secondary N) is 3. The Balaban J connectivity index is 1.04. The summed E-state index contributed by atoms with van der Waals surface area (Å²) >= 11 is 0. The smallest absolute Gasteiger partial charge is 0.226 e. The first-order chi connectivity index (χ1) is 14.1. The average molecular weight is 395 g/mol. The number of benzene rings is 1. The van der Waals surface area contributed by atoms with Gasteiger partial charge in [0.25, 0.3) is 0 Å². The van der Waals surface area contributed by atoms with E-state index in [9.17, 15) is 9.59 Å². The number of nitrogens with zero attached hydrogens (tertiary/aromatic N) is 1. The third-order valence-corrected chi connectivity index (χ3v) is 7.28. The number of aromatic nitrogens is 2. The monoisotopic (exact) mass is 394 g/mol.